The van der Waals surface area contributed by atoms with Gasteiger partial charge in [-0.2, -0.15) is 0 Å². The van der Waals surface area contributed by atoms with Crippen LogP contribution in [0.3, 0.4) is 0 Å². The number of hydrogen-bond acceptors (Lipinski definition) is 3. The second-order valence-electron chi connectivity index (χ2n) is 7.00. The highest BCUT2D eigenvalue weighted by atomic mass is 16.6. The summed E-state index contributed by atoms with van der Waals surface area (Å²) in [6, 6.07) is 0.752. The van der Waals surface area contributed by atoms with Crippen molar-refractivity contribution in [3.05, 3.63) is 0 Å². The smallest absolute Gasteiger partial charge is 0.154 e. The van der Waals surface area contributed by atoms with E-state index in [-0.39, 0.29) is 0 Å². The first-order valence-corrected chi connectivity index (χ1v) is 7.86. The first-order valence-electron chi connectivity index (χ1n) is 7.86. The molecule has 1 aliphatic carbocycles. The average Bonchev–Trinajstić information content (AvgIpc) is 2.38. The van der Waals surface area contributed by atoms with Crippen molar-refractivity contribution in [1.82, 2.24) is 4.90 Å². The minimum Gasteiger partial charge on any atom is -0.368 e. The van der Waals surface area contributed by atoms with Gasteiger partial charge in [-0.1, -0.05) is 12.8 Å². The van der Waals surface area contributed by atoms with Crippen LogP contribution in [0.5, 0.6) is 0 Å². The summed E-state index contributed by atoms with van der Waals surface area (Å²) in [5.41, 5.74) is 0.385. The first-order chi connectivity index (χ1) is 8.78. The molecule has 1 N–H and O–H groups in total. The predicted molar refractivity (Wildman–Crippen MR) is 69.1 cm³/mol. The van der Waals surface area contributed by atoms with Crippen molar-refractivity contribution in [2.45, 2.75) is 69.8 Å². The molecule has 3 heteroatoms. The van der Waals surface area contributed by atoms with E-state index in [0.29, 0.717) is 17.4 Å². The average molecular weight is 251 g/mol. The van der Waals surface area contributed by atoms with E-state index in [1.807, 2.05) is 0 Å². The van der Waals surface area contributed by atoms with Gasteiger partial charge in [-0.25, -0.2) is 0 Å². The Balaban J connectivity index is 1.67. The van der Waals surface area contributed by atoms with Gasteiger partial charge >= 0.3 is 0 Å². The molecular formula is C15H25NO2. The fourth-order valence-corrected chi connectivity index (χ4v) is 5.34. The van der Waals surface area contributed by atoms with Crippen LogP contribution in [-0.4, -0.2) is 41.5 Å². The van der Waals surface area contributed by atoms with E-state index in [2.05, 4.69) is 4.90 Å². The maximum absolute atomic E-state index is 9.86. The molecule has 3 heterocycles. The summed E-state index contributed by atoms with van der Waals surface area (Å²) in [7, 11) is 0. The van der Waals surface area contributed by atoms with Gasteiger partial charge in [0.2, 0.25) is 0 Å². The lowest BCUT2D eigenvalue weighted by Crippen LogP contribution is -2.66. The third-order valence-corrected chi connectivity index (χ3v) is 6.07. The van der Waals surface area contributed by atoms with Crippen LogP contribution in [0.1, 0.15) is 51.4 Å². The van der Waals surface area contributed by atoms with Gasteiger partial charge in [0.25, 0.3) is 0 Å². The molecule has 3 aliphatic heterocycles. The Bertz CT molecular complexity index is 334. The standard InChI is InChI=1S/C15H25NO2/c17-13-6-8-15-7-3-4-11(14(15)18-13)12-5-1-2-9-16(12)10-15/h11-14,17H,1-10H2/t11-,12-,13+,14+,15+/m1/s1. The number of aliphatic hydroxyl groups is 1. The Labute approximate surface area is 109 Å². The molecule has 4 aliphatic rings. The van der Waals surface area contributed by atoms with Crippen molar-refractivity contribution in [2.75, 3.05) is 13.1 Å². The molecule has 0 aromatic carbocycles. The largest absolute Gasteiger partial charge is 0.368 e. The SMILES string of the molecule is O[C@@H]1CC[C@@]23CCC[C@H]([C@H]4CCCCN4C2)[C@@H]3O1. The van der Waals surface area contributed by atoms with E-state index in [1.54, 1.807) is 0 Å². The molecule has 102 valence electrons. The Kier molecular flexibility index (Phi) is 2.72. The van der Waals surface area contributed by atoms with Gasteiger partial charge in [0, 0.05) is 23.9 Å². The Hall–Kier alpha value is -0.120. The van der Waals surface area contributed by atoms with Crippen LogP contribution in [-0.2, 0) is 4.74 Å². The van der Waals surface area contributed by atoms with Gasteiger partial charge < -0.3 is 9.84 Å². The van der Waals surface area contributed by atoms with Gasteiger partial charge in [0.15, 0.2) is 6.29 Å². The highest BCUT2D eigenvalue weighted by molar-refractivity contribution is 5.07. The van der Waals surface area contributed by atoms with Gasteiger partial charge in [0.05, 0.1) is 6.10 Å². The summed E-state index contributed by atoms with van der Waals surface area (Å²) in [5.74, 6) is 0.697. The van der Waals surface area contributed by atoms with Crippen molar-refractivity contribution < 1.29 is 9.84 Å². The zero-order valence-electron chi connectivity index (χ0n) is 11.2. The number of aliphatic hydroxyl groups excluding tert-OH is 1. The lowest BCUT2D eigenvalue weighted by molar-refractivity contribution is -0.269. The van der Waals surface area contributed by atoms with E-state index in [9.17, 15) is 5.11 Å². The van der Waals surface area contributed by atoms with Crippen LogP contribution in [0.25, 0.3) is 0 Å². The monoisotopic (exact) mass is 251 g/mol. The Morgan fingerprint density at radius 2 is 2.00 bits per heavy atom. The molecule has 4 fully saturated rings. The molecular weight excluding hydrogens is 226 g/mol. The van der Waals surface area contributed by atoms with Crippen molar-refractivity contribution in [3.8, 4) is 0 Å². The van der Waals surface area contributed by atoms with E-state index < -0.39 is 6.29 Å². The quantitative estimate of drug-likeness (QED) is 0.716. The molecule has 5 atom stereocenters. The molecule has 4 rings (SSSR count). The number of hydrogen-bond donors (Lipinski definition) is 1. The molecule has 18 heavy (non-hydrogen) atoms. The number of piperidine rings is 2. The number of fused-ring (bicyclic) bond motifs is 2. The number of rotatable bonds is 0. The second-order valence-corrected chi connectivity index (χ2v) is 7.00. The number of nitrogens with zero attached hydrogens (tertiary/aromatic N) is 1. The molecule has 2 bridgehead atoms. The summed E-state index contributed by atoms with van der Waals surface area (Å²) >= 11 is 0. The van der Waals surface area contributed by atoms with Gasteiger partial charge in [-0.3, -0.25) is 4.90 Å². The van der Waals surface area contributed by atoms with Crippen molar-refractivity contribution >= 4 is 0 Å². The van der Waals surface area contributed by atoms with Crippen LogP contribution in [0.2, 0.25) is 0 Å². The van der Waals surface area contributed by atoms with E-state index in [0.717, 1.165) is 12.5 Å². The fraction of sp³-hybridized carbons (Fsp3) is 1.00. The highest BCUT2D eigenvalue weighted by Crippen LogP contribution is 2.54. The topological polar surface area (TPSA) is 32.7 Å². The van der Waals surface area contributed by atoms with Crippen LogP contribution in [0.15, 0.2) is 0 Å². The fourth-order valence-electron chi connectivity index (χ4n) is 5.34. The lowest BCUT2D eigenvalue weighted by atomic mass is 9.58. The lowest BCUT2D eigenvalue weighted by Gasteiger charge is -2.61. The normalized spacial score (nSPS) is 52.5. The van der Waals surface area contributed by atoms with Gasteiger partial charge in [-0.15, -0.1) is 0 Å². The molecule has 3 saturated heterocycles. The minimum atomic E-state index is -0.487. The molecule has 3 nitrogen and oxygen atoms in total. The van der Waals surface area contributed by atoms with E-state index in [1.165, 1.54) is 58.0 Å². The van der Waals surface area contributed by atoms with Crippen molar-refractivity contribution in [2.24, 2.45) is 11.3 Å². The summed E-state index contributed by atoms with van der Waals surface area (Å²) in [6.45, 7) is 2.55. The zero-order chi connectivity index (χ0) is 12.2. The summed E-state index contributed by atoms with van der Waals surface area (Å²) in [4.78, 5) is 2.77. The summed E-state index contributed by atoms with van der Waals surface area (Å²) < 4.78 is 6.03. The molecule has 0 aromatic heterocycles. The van der Waals surface area contributed by atoms with E-state index in [4.69, 9.17) is 4.74 Å². The second kappa shape index (κ2) is 4.19. The molecule has 0 radical (unpaired) electrons. The summed E-state index contributed by atoms with van der Waals surface area (Å²) in [5, 5.41) is 9.86. The predicted octanol–water partition coefficient (Wildman–Crippen LogP) is 2.14. The van der Waals surface area contributed by atoms with Crippen LogP contribution >= 0.6 is 0 Å². The molecule has 0 spiro atoms. The third-order valence-electron chi connectivity index (χ3n) is 6.07. The molecule has 1 saturated carbocycles. The van der Waals surface area contributed by atoms with Gasteiger partial charge in [0.1, 0.15) is 0 Å². The van der Waals surface area contributed by atoms with Crippen LogP contribution in [0.4, 0.5) is 0 Å². The zero-order valence-corrected chi connectivity index (χ0v) is 11.2. The highest BCUT2D eigenvalue weighted by Gasteiger charge is 2.57. The minimum absolute atomic E-state index is 0.356. The summed E-state index contributed by atoms with van der Waals surface area (Å²) in [6.07, 6.45) is 10.0. The van der Waals surface area contributed by atoms with Gasteiger partial charge in [-0.05, 0) is 45.1 Å². The number of ether oxygens (including phenoxy) is 1. The third kappa shape index (κ3) is 1.60. The first kappa shape index (κ1) is 11.7. The Morgan fingerprint density at radius 1 is 1.06 bits per heavy atom. The molecule has 0 aromatic rings. The molecule has 0 unspecified atom stereocenters. The molecule has 0 amide bonds. The van der Waals surface area contributed by atoms with Crippen molar-refractivity contribution in [1.29, 1.82) is 0 Å². The maximum atomic E-state index is 9.86. The van der Waals surface area contributed by atoms with E-state index >= 15 is 0 Å². The van der Waals surface area contributed by atoms with Crippen molar-refractivity contribution in [3.63, 3.8) is 0 Å². The Morgan fingerprint density at radius 3 is 2.94 bits per heavy atom. The van der Waals surface area contributed by atoms with Crippen LogP contribution in [0, 0.1) is 11.3 Å². The van der Waals surface area contributed by atoms with Crippen LogP contribution < -0.4 is 0 Å². The maximum Gasteiger partial charge on any atom is 0.154 e.